The second-order valence-corrected chi connectivity index (χ2v) is 5.15. The number of nitrogens with one attached hydrogen (secondary N) is 2. The molecule has 0 aliphatic carbocycles. The minimum atomic E-state index is 0.0589. The largest absolute Gasteiger partial charge is 0.477 e. The molecular weight excluding hydrogens is 214 g/mol. The number of aryl methyl sites for hydroxylation is 1. The first-order valence-corrected chi connectivity index (χ1v) is 5.96. The number of ether oxygens (including phenoxy) is 1. The van der Waals surface area contributed by atoms with Gasteiger partial charge in [0.05, 0.1) is 12.2 Å². The Morgan fingerprint density at radius 3 is 2.65 bits per heavy atom. The Morgan fingerprint density at radius 2 is 2.12 bits per heavy atom. The Bertz CT molecular complexity index is 388. The summed E-state index contributed by atoms with van der Waals surface area (Å²) in [6.07, 6.45) is 0. The zero-order chi connectivity index (χ0) is 13.1. The molecule has 1 aromatic rings. The summed E-state index contributed by atoms with van der Waals surface area (Å²) in [4.78, 5) is 0. The lowest BCUT2D eigenvalue weighted by Gasteiger charge is -2.23. The van der Waals surface area contributed by atoms with E-state index in [0.29, 0.717) is 19.0 Å². The number of rotatable bonds is 5. The monoisotopic (exact) mass is 237 g/mol. The normalized spacial score (nSPS) is 11.4. The number of aromatic amines is 1. The van der Waals surface area contributed by atoms with E-state index in [0.717, 1.165) is 17.0 Å². The third-order valence-electron chi connectivity index (χ3n) is 2.70. The van der Waals surface area contributed by atoms with E-state index in [4.69, 9.17) is 4.74 Å². The van der Waals surface area contributed by atoms with Gasteiger partial charge < -0.3 is 10.1 Å². The molecule has 0 bridgehead atoms. The number of H-pyrrole nitrogens is 1. The zero-order valence-electron chi connectivity index (χ0n) is 11.5. The molecule has 0 amide bonds. The molecule has 1 heterocycles. The summed E-state index contributed by atoms with van der Waals surface area (Å²) in [6.45, 7) is 15.7. The molecule has 0 atom stereocenters. The molecule has 17 heavy (non-hydrogen) atoms. The van der Waals surface area contributed by atoms with Crippen LogP contribution in [0.4, 0.5) is 0 Å². The van der Waals surface area contributed by atoms with Crippen LogP contribution in [0.1, 0.15) is 39.0 Å². The number of nitrogens with zero attached hydrogens (tertiary/aromatic N) is 1. The van der Waals surface area contributed by atoms with Crippen LogP contribution in [0.25, 0.3) is 0 Å². The van der Waals surface area contributed by atoms with Gasteiger partial charge in [-0.05, 0) is 13.8 Å². The van der Waals surface area contributed by atoms with Gasteiger partial charge in [0.15, 0.2) is 0 Å². The number of aromatic nitrogens is 2. The van der Waals surface area contributed by atoms with Crippen molar-refractivity contribution in [2.24, 2.45) is 5.41 Å². The van der Waals surface area contributed by atoms with Gasteiger partial charge in [-0.1, -0.05) is 27.4 Å². The SMILES string of the molecule is C=C(NCc1c(OCC)n[nH]c1C)C(C)(C)C. The molecule has 0 aliphatic rings. The Kier molecular flexibility index (Phi) is 4.21. The fourth-order valence-corrected chi connectivity index (χ4v) is 1.35. The lowest BCUT2D eigenvalue weighted by molar-refractivity contribution is 0.322. The summed E-state index contributed by atoms with van der Waals surface area (Å²) in [5, 5.41) is 10.4. The molecule has 0 aliphatic heterocycles. The summed E-state index contributed by atoms with van der Waals surface area (Å²) in [6, 6.07) is 0. The Balaban J connectivity index is 2.69. The molecule has 0 saturated heterocycles. The van der Waals surface area contributed by atoms with E-state index >= 15 is 0 Å². The van der Waals surface area contributed by atoms with Crippen molar-refractivity contribution in [2.45, 2.75) is 41.2 Å². The van der Waals surface area contributed by atoms with Crippen LogP contribution in [0.5, 0.6) is 5.88 Å². The van der Waals surface area contributed by atoms with Crippen LogP contribution in [0.2, 0.25) is 0 Å². The van der Waals surface area contributed by atoms with Crippen molar-refractivity contribution in [1.29, 1.82) is 0 Å². The van der Waals surface area contributed by atoms with Gasteiger partial charge in [0.2, 0.25) is 5.88 Å². The third kappa shape index (κ3) is 3.51. The first kappa shape index (κ1) is 13.6. The number of hydrogen-bond donors (Lipinski definition) is 2. The van der Waals surface area contributed by atoms with Crippen LogP contribution >= 0.6 is 0 Å². The second-order valence-electron chi connectivity index (χ2n) is 5.15. The van der Waals surface area contributed by atoms with Crippen LogP contribution in [0.15, 0.2) is 12.3 Å². The van der Waals surface area contributed by atoms with Gasteiger partial charge >= 0.3 is 0 Å². The van der Waals surface area contributed by atoms with E-state index in [1.165, 1.54) is 0 Å². The molecule has 0 spiro atoms. The van der Waals surface area contributed by atoms with Crippen molar-refractivity contribution in [3.8, 4) is 5.88 Å². The molecule has 0 aromatic carbocycles. The van der Waals surface area contributed by atoms with E-state index in [9.17, 15) is 0 Å². The van der Waals surface area contributed by atoms with Crippen molar-refractivity contribution in [1.82, 2.24) is 15.5 Å². The predicted molar refractivity (Wildman–Crippen MR) is 69.9 cm³/mol. The minimum Gasteiger partial charge on any atom is -0.477 e. The lowest BCUT2D eigenvalue weighted by atomic mass is 9.93. The smallest absolute Gasteiger partial charge is 0.237 e. The topological polar surface area (TPSA) is 49.9 Å². The maximum Gasteiger partial charge on any atom is 0.237 e. The maximum atomic E-state index is 5.46. The summed E-state index contributed by atoms with van der Waals surface area (Å²) in [7, 11) is 0. The summed E-state index contributed by atoms with van der Waals surface area (Å²) >= 11 is 0. The molecule has 1 aromatic heterocycles. The molecule has 2 N–H and O–H groups in total. The molecular formula is C13H23N3O. The third-order valence-corrected chi connectivity index (χ3v) is 2.70. The van der Waals surface area contributed by atoms with Gasteiger partial charge in [-0.25, -0.2) is 0 Å². The lowest BCUT2D eigenvalue weighted by Crippen LogP contribution is -2.23. The van der Waals surface area contributed by atoms with Crippen molar-refractivity contribution in [2.75, 3.05) is 6.61 Å². The molecule has 0 saturated carbocycles. The molecule has 1 rings (SSSR count). The van der Waals surface area contributed by atoms with Crippen LogP contribution in [-0.2, 0) is 6.54 Å². The van der Waals surface area contributed by atoms with Gasteiger partial charge in [-0.2, -0.15) is 0 Å². The van der Waals surface area contributed by atoms with E-state index < -0.39 is 0 Å². The zero-order valence-corrected chi connectivity index (χ0v) is 11.5. The highest BCUT2D eigenvalue weighted by Gasteiger charge is 2.16. The van der Waals surface area contributed by atoms with Gasteiger partial charge in [0, 0.05) is 23.4 Å². The van der Waals surface area contributed by atoms with E-state index in [2.05, 4.69) is 42.9 Å². The maximum absolute atomic E-state index is 5.46. The number of allylic oxidation sites excluding steroid dienone is 1. The molecule has 0 radical (unpaired) electrons. The Hall–Kier alpha value is -1.45. The molecule has 4 heteroatoms. The molecule has 4 nitrogen and oxygen atoms in total. The number of hydrogen-bond acceptors (Lipinski definition) is 3. The quantitative estimate of drug-likeness (QED) is 0.828. The average Bonchev–Trinajstić information content (AvgIpc) is 2.56. The van der Waals surface area contributed by atoms with Gasteiger partial charge in [-0.3, -0.25) is 5.10 Å². The van der Waals surface area contributed by atoms with Crippen molar-refractivity contribution in [3.63, 3.8) is 0 Å². The Morgan fingerprint density at radius 1 is 1.47 bits per heavy atom. The van der Waals surface area contributed by atoms with Crippen LogP contribution < -0.4 is 10.1 Å². The van der Waals surface area contributed by atoms with Gasteiger partial charge in [0.25, 0.3) is 0 Å². The van der Waals surface area contributed by atoms with Crippen LogP contribution in [0.3, 0.4) is 0 Å². The summed E-state index contributed by atoms with van der Waals surface area (Å²) in [5.41, 5.74) is 3.17. The van der Waals surface area contributed by atoms with E-state index in [1.54, 1.807) is 0 Å². The van der Waals surface area contributed by atoms with Crippen LogP contribution in [-0.4, -0.2) is 16.8 Å². The summed E-state index contributed by atoms with van der Waals surface area (Å²) in [5.74, 6) is 0.680. The van der Waals surface area contributed by atoms with E-state index in [1.807, 2.05) is 13.8 Å². The first-order valence-electron chi connectivity index (χ1n) is 5.96. The van der Waals surface area contributed by atoms with Crippen molar-refractivity contribution < 1.29 is 4.74 Å². The molecule has 0 unspecified atom stereocenters. The highest BCUT2D eigenvalue weighted by atomic mass is 16.5. The Labute approximate surface area is 103 Å². The fourth-order valence-electron chi connectivity index (χ4n) is 1.35. The standard InChI is InChI=1S/C13H23N3O/c1-7-17-12-11(9(2)15-16-12)8-14-10(3)13(4,5)6/h14H,3,7-8H2,1-2,4-6H3,(H,15,16). The molecule has 0 fully saturated rings. The predicted octanol–water partition coefficient (Wildman–Crippen LogP) is 2.77. The van der Waals surface area contributed by atoms with Crippen LogP contribution in [0, 0.1) is 12.3 Å². The summed E-state index contributed by atoms with van der Waals surface area (Å²) < 4.78 is 5.46. The average molecular weight is 237 g/mol. The van der Waals surface area contributed by atoms with Crippen molar-refractivity contribution in [3.05, 3.63) is 23.5 Å². The fraction of sp³-hybridized carbons (Fsp3) is 0.615. The molecule has 96 valence electrons. The first-order chi connectivity index (χ1) is 7.86. The van der Waals surface area contributed by atoms with Gasteiger partial charge in [-0.15, -0.1) is 5.10 Å². The highest BCUT2D eigenvalue weighted by molar-refractivity contribution is 5.30. The van der Waals surface area contributed by atoms with E-state index in [-0.39, 0.29) is 5.41 Å². The highest BCUT2D eigenvalue weighted by Crippen LogP contribution is 2.23. The second kappa shape index (κ2) is 5.25. The van der Waals surface area contributed by atoms with Gasteiger partial charge in [0.1, 0.15) is 0 Å². The van der Waals surface area contributed by atoms with Crippen molar-refractivity contribution >= 4 is 0 Å². The minimum absolute atomic E-state index is 0.0589.